The van der Waals surface area contributed by atoms with Gasteiger partial charge in [0.25, 0.3) is 0 Å². The Kier molecular flexibility index (Phi) is 5.43. The van der Waals surface area contributed by atoms with Crippen LogP contribution in [-0.4, -0.2) is 35.3 Å². The van der Waals surface area contributed by atoms with Gasteiger partial charge in [-0.1, -0.05) is 30.8 Å². The number of carbonyl (C=O) groups is 1. The number of ether oxygens (including phenoxy) is 1. The normalized spacial score (nSPS) is 23.4. The van der Waals surface area contributed by atoms with Crippen LogP contribution in [0.4, 0.5) is 0 Å². The zero-order chi connectivity index (χ0) is 15.2. The van der Waals surface area contributed by atoms with E-state index in [4.69, 9.17) is 9.26 Å². The third kappa shape index (κ3) is 4.29. The molecule has 2 aliphatic rings. The fourth-order valence-corrected chi connectivity index (χ4v) is 3.22. The van der Waals surface area contributed by atoms with Gasteiger partial charge in [0.05, 0.1) is 6.61 Å². The molecule has 1 amide bonds. The smallest absolute Gasteiger partial charge is 0.227 e. The Hall–Kier alpha value is -1.43. The molecule has 0 radical (unpaired) electrons. The highest BCUT2D eigenvalue weighted by molar-refractivity contribution is 5.76. The molecule has 2 heterocycles. The molecular formula is C16H25N3O3. The van der Waals surface area contributed by atoms with Crippen molar-refractivity contribution < 1.29 is 14.1 Å². The van der Waals surface area contributed by atoms with Gasteiger partial charge in [-0.15, -0.1) is 0 Å². The van der Waals surface area contributed by atoms with Crippen LogP contribution in [-0.2, 0) is 16.0 Å². The summed E-state index contributed by atoms with van der Waals surface area (Å²) < 4.78 is 10.6. The van der Waals surface area contributed by atoms with Gasteiger partial charge in [0.2, 0.25) is 11.8 Å². The van der Waals surface area contributed by atoms with Crippen LogP contribution >= 0.6 is 0 Å². The summed E-state index contributed by atoms with van der Waals surface area (Å²) in [6.45, 7) is 1.43. The van der Waals surface area contributed by atoms with Crippen LogP contribution in [0.3, 0.4) is 0 Å². The van der Waals surface area contributed by atoms with Crippen LogP contribution in [0.5, 0.6) is 0 Å². The van der Waals surface area contributed by atoms with Crippen LogP contribution in [0.2, 0.25) is 0 Å². The highest BCUT2D eigenvalue weighted by Crippen LogP contribution is 2.22. The van der Waals surface area contributed by atoms with Crippen LogP contribution in [0, 0.1) is 0 Å². The summed E-state index contributed by atoms with van der Waals surface area (Å²) in [4.78, 5) is 16.4. The van der Waals surface area contributed by atoms with Gasteiger partial charge in [0, 0.05) is 31.4 Å². The van der Waals surface area contributed by atoms with Crippen molar-refractivity contribution in [2.45, 2.75) is 69.7 Å². The number of hydrogen-bond donors (Lipinski definition) is 1. The minimum absolute atomic E-state index is 0.0934. The first kappa shape index (κ1) is 15.5. The van der Waals surface area contributed by atoms with Crippen molar-refractivity contribution in [2.24, 2.45) is 0 Å². The topological polar surface area (TPSA) is 77.2 Å². The zero-order valence-corrected chi connectivity index (χ0v) is 13.1. The van der Waals surface area contributed by atoms with Crippen molar-refractivity contribution in [3.63, 3.8) is 0 Å². The van der Waals surface area contributed by atoms with Crippen molar-refractivity contribution >= 4 is 5.91 Å². The van der Waals surface area contributed by atoms with Gasteiger partial charge in [-0.25, -0.2) is 0 Å². The Morgan fingerprint density at radius 3 is 2.73 bits per heavy atom. The maximum absolute atomic E-state index is 12.0. The molecule has 3 rings (SSSR count). The molecule has 1 atom stereocenters. The number of nitrogens with zero attached hydrogens (tertiary/aromatic N) is 2. The number of aromatic nitrogens is 2. The Bertz CT molecular complexity index is 475. The van der Waals surface area contributed by atoms with E-state index in [0.29, 0.717) is 31.4 Å². The van der Waals surface area contributed by atoms with Gasteiger partial charge in [-0.2, -0.15) is 4.98 Å². The zero-order valence-electron chi connectivity index (χ0n) is 13.1. The molecule has 1 N–H and O–H groups in total. The SMILES string of the molecule is O=C(CCc1nc(C2CCOC2)no1)NC1CCCCCC1. The number of hydrogen-bond acceptors (Lipinski definition) is 5. The molecule has 6 heteroatoms. The van der Waals surface area contributed by atoms with E-state index < -0.39 is 0 Å². The fraction of sp³-hybridized carbons (Fsp3) is 0.812. The van der Waals surface area contributed by atoms with Crippen LogP contribution in [0.25, 0.3) is 0 Å². The predicted molar refractivity (Wildman–Crippen MR) is 80.4 cm³/mol. The van der Waals surface area contributed by atoms with Crippen molar-refractivity contribution in [3.8, 4) is 0 Å². The summed E-state index contributed by atoms with van der Waals surface area (Å²) in [5.41, 5.74) is 0. The van der Waals surface area contributed by atoms with E-state index in [2.05, 4.69) is 15.5 Å². The number of rotatable bonds is 5. The standard InChI is InChI=1S/C16H25N3O3/c20-14(17-13-5-3-1-2-4-6-13)7-8-15-18-16(19-22-15)12-9-10-21-11-12/h12-13H,1-11H2,(H,17,20). The summed E-state index contributed by atoms with van der Waals surface area (Å²) >= 11 is 0. The average Bonchev–Trinajstić information content (AvgIpc) is 3.14. The lowest BCUT2D eigenvalue weighted by Gasteiger charge is -2.15. The Morgan fingerprint density at radius 2 is 2.00 bits per heavy atom. The van der Waals surface area contributed by atoms with E-state index in [9.17, 15) is 4.79 Å². The highest BCUT2D eigenvalue weighted by Gasteiger charge is 2.23. The lowest BCUT2D eigenvalue weighted by molar-refractivity contribution is -0.121. The number of carbonyl (C=O) groups excluding carboxylic acids is 1. The summed E-state index contributed by atoms with van der Waals surface area (Å²) in [5, 5.41) is 7.15. The second-order valence-corrected chi connectivity index (χ2v) is 6.36. The van der Waals surface area contributed by atoms with E-state index in [1.165, 1.54) is 25.7 Å². The van der Waals surface area contributed by atoms with Gasteiger partial charge in [-0.3, -0.25) is 4.79 Å². The predicted octanol–water partition coefficient (Wildman–Crippen LogP) is 2.35. The van der Waals surface area contributed by atoms with Gasteiger partial charge in [0.15, 0.2) is 5.82 Å². The lowest BCUT2D eigenvalue weighted by Crippen LogP contribution is -2.34. The molecule has 22 heavy (non-hydrogen) atoms. The quantitative estimate of drug-likeness (QED) is 0.845. The highest BCUT2D eigenvalue weighted by atomic mass is 16.5. The van der Waals surface area contributed by atoms with Gasteiger partial charge >= 0.3 is 0 Å². The van der Waals surface area contributed by atoms with Crippen LogP contribution in [0.15, 0.2) is 4.52 Å². The monoisotopic (exact) mass is 307 g/mol. The molecule has 1 saturated carbocycles. The van der Waals surface area contributed by atoms with Crippen molar-refractivity contribution in [3.05, 3.63) is 11.7 Å². The summed E-state index contributed by atoms with van der Waals surface area (Å²) in [6, 6.07) is 0.351. The maximum atomic E-state index is 12.0. The first-order chi connectivity index (χ1) is 10.8. The molecular weight excluding hydrogens is 282 g/mol. The van der Waals surface area contributed by atoms with Crippen LogP contribution < -0.4 is 5.32 Å². The first-order valence-electron chi connectivity index (χ1n) is 8.51. The minimum Gasteiger partial charge on any atom is -0.381 e. The van der Waals surface area contributed by atoms with Crippen molar-refractivity contribution in [1.82, 2.24) is 15.5 Å². The molecule has 122 valence electrons. The Balaban J connectivity index is 1.42. The summed E-state index contributed by atoms with van der Waals surface area (Å²) in [5.74, 6) is 1.61. The van der Waals surface area contributed by atoms with E-state index in [0.717, 1.165) is 31.7 Å². The van der Waals surface area contributed by atoms with E-state index in [1.54, 1.807) is 0 Å². The Labute approximate surface area is 131 Å². The third-order valence-corrected chi connectivity index (χ3v) is 4.56. The fourth-order valence-electron chi connectivity index (χ4n) is 3.22. The lowest BCUT2D eigenvalue weighted by atomic mass is 10.1. The number of amides is 1. The molecule has 0 aromatic carbocycles. The van der Waals surface area contributed by atoms with E-state index >= 15 is 0 Å². The van der Waals surface area contributed by atoms with E-state index in [1.807, 2.05) is 0 Å². The molecule has 1 saturated heterocycles. The molecule has 1 aromatic heterocycles. The molecule has 1 aliphatic heterocycles. The van der Waals surface area contributed by atoms with Gasteiger partial charge in [0.1, 0.15) is 0 Å². The molecule has 1 unspecified atom stereocenters. The summed E-state index contributed by atoms with van der Waals surface area (Å²) in [6.07, 6.45) is 9.13. The first-order valence-corrected chi connectivity index (χ1v) is 8.51. The van der Waals surface area contributed by atoms with E-state index in [-0.39, 0.29) is 11.8 Å². The van der Waals surface area contributed by atoms with Crippen molar-refractivity contribution in [1.29, 1.82) is 0 Å². The second-order valence-electron chi connectivity index (χ2n) is 6.36. The van der Waals surface area contributed by atoms with Gasteiger partial charge in [-0.05, 0) is 19.3 Å². The second kappa shape index (κ2) is 7.72. The average molecular weight is 307 g/mol. The number of aryl methyl sites for hydroxylation is 1. The third-order valence-electron chi connectivity index (χ3n) is 4.56. The largest absolute Gasteiger partial charge is 0.381 e. The molecule has 1 aliphatic carbocycles. The molecule has 6 nitrogen and oxygen atoms in total. The van der Waals surface area contributed by atoms with Crippen LogP contribution in [0.1, 0.15) is 69.0 Å². The molecule has 0 spiro atoms. The number of nitrogens with one attached hydrogen (secondary N) is 1. The Morgan fingerprint density at radius 1 is 1.18 bits per heavy atom. The molecule has 2 fully saturated rings. The summed E-state index contributed by atoms with van der Waals surface area (Å²) in [7, 11) is 0. The maximum Gasteiger partial charge on any atom is 0.227 e. The van der Waals surface area contributed by atoms with Crippen molar-refractivity contribution in [2.75, 3.05) is 13.2 Å². The van der Waals surface area contributed by atoms with Gasteiger partial charge < -0.3 is 14.6 Å². The minimum atomic E-state index is 0.0934. The molecule has 1 aromatic rings. The molecule has 0 bridgehead atoms.